The topological polar surface area (TPSA) is 57.7 Å². The number of halogens is 1. The van der Waals surface area contributed by atoms with Gasteiger partial charge in [0.05, 0.1) is 11.8 Å². The van der Waals surface area contributed by atoms with Crippen molar-refractivity contribution in [2.24, 2.45) is 35.5 Å². The Morgan fingerprint density at radius 2 is 1.63 bits per heavy atom. The van der Waals surface area contributed by atoms with Gasteiger partial charge >= 0.3 is 0 Å². The Hall–Kier alpha value is -2.50. The average molecular weight is 368 g/mol. The molecule has 4 unspecified atom stereocenters. The lowest BCUT2D eigenvalue weighted by Crippen LogP contribution is -2.50. The molecule has 3 fully saturated rings. The van der Waals surface area contributed by atoms with Gasteiger partial charge in [0, 0.05) is 12.1 Å². The molecule has 0 radical (unpaired) electrons. The van der Waals surface area contributed by atoms with E-state index >= 15 is 0 Å². The number of amides is 3. The number of rotatable bonds is 4. The Bertz CT molecular complexity index is 829. The Morgan fingerprint density at radius 3 is 2.11 bits per heavy atom. The molecular weight excluding hydrogens is 347 g/mol. The van der Waals surface area contributed by atoms with E-state index in [0.717, 1.165) is 11.4 Å². The van der Waals surface area contributed by atoms with Gasteiger partial charge in [0.25, 0.3) is 17.7 Å². The lowest BCUT2D eigenvalue weighted by Gasteiger charge is -2.37. The van der Waals surface area contributed by atoms with Gasteiger partial charge in [-0.3, -0.25) is 14.4 Å². The van der Waals surface area contributed by atoms with E-state index in [1.807, 2.05) is 0 Å². The minimum absolute atomic E-state index is 0.129. The number of imide groups is 1. The summed E-state index contributed by atoms with van der Waals surface area (Å²) >= 11 is 0. The minimum Gasteiger partial charge on any atom is -0.272 e. The second-order valence-electron chi connectivity index (χ2n) is 7.99. The van der Waals surface area contributed by atoms with Crippen molar-refractivity contribution < 1.29 is 18.8 Å². The van der Waals surface area contributed by atoms with Crippen LogP contribution in [0.5, 0.6) is 0 Å². The first kappa shape index (κ1) is 16.7. The molecule has 6 heteroatoms. The summed E-state index contributed by atoms with van der Waals surface area (Å²) < 4.78 is 12.7. The van der Waals surface area contributed by atoms with Gasteiger partial charge in [-0.25, -0.2) is 9.40 Å². The zero-order valence-corrected chi connectivity index (χ0v) is 15.0. The second kappa shape index (κ2) is 5.75. The number of carbonyl (C=O) groups excluding carboxylic acids is 3. The summed E-state index contributed by atoms with van der Waals surface area (Å²) in [6, 6.07) is 6.18. The summed E-state index contributed by atoms with van der Waals surface area (Å²) in [5, 5.41) is 2.34. The van der Waals surface area contributed by atoms with Crippen molar-refractivity contribution in [1.29, 1.82) is 0 Å². The molecule has 140 valence electrons. The lowest BCUT2D eigenvalue weighted by molar-refractivity contribution is -0.154. The summed E-state index contributed by atoms with van der Waals surface area (Å²) in [6.45, 7) is 1.37. The lowest BCUT2D eigenvalue weighted by atomic mass is 9.63. The number of carbonyl (C=O) groups is 3. The first-order chi connectivity index (χ1) is 13.1. The van der Waals surface area contributed by atoms with E-state index in [0.29, 0.717) is 23.0 Å². The van der Waals surface area contributed by atoms with Gasteiger partial charge in [0.15, 0.2) is 0 Å². The molecule has 2 saturated carbocycles. The van der Waals surface area contributed by atoms with Crippen molar-refractivity contribution in [2.75, 3.05) is 6.54 Å². The van der Waals surface area contributed by atoms with Crippen molar-refractivity contribution in [1.82, 2.24) is 10.0 Å². The van der Waals surface area contributed by atoms with Crippen LogP contribution in [0.1, 0.15) is 29.3 Å². The van der Waals surface area contributed by atoms with Crippen LogP contribution >= 0.6 is 0 Å². The van der Waals surface area contributed by atoms with Crippen molar-refractivity contribution in [3.63, 3.8) is 0 Å². The summed E-state index contributed by atoms with van der Waals surface area (Å²) in [7, 11) is 0. The summed E-state index contributed by atoms with van der Waals surface area (Å²) in [6.07, 6.45) is 5.33. The molecule has 1 heterocycles. The fraction of sp³-hybridized carbons (Fsp3) is 0.476. The molecule has 0 N–H and O–H groups in total. The Morgan fingerprint density at radius 1 is 1.07 bits per heavy atom. The molecule has 27 heavy (non-hydrogen) atoms. The van der Waals surface area contributed by atoms with Gasteiger partial charge in [-0.1, -0.05) is 24.3 Å². The van der Waals surface area contributed by atoms with E-state index in [9.17, 15) is 18.8 Å². The zero-order chi connectivity index (χ0) is 18.9. The van der Waals surface area contributed by atoms with Gasteiger partial charge in [-0.05, 0) is 54.7 Å². The molecule has 5 nitrogen and oxygen atoms in total. The van der Waals surface area contributed by atoms with Crippen molar-refractivity contribution in [3.8, 4) is 0 Å². The minimum atomic E-state index is -0.601. The molecule has 5 aliphatic rings. The summed E-state index contributed by atoms with van der Waals surface area (Å²) in [5.41, 5.74) is 0.823. The summed E-state index contributed by atoms with van der Waals surface area (Å²) in [5.74, 6) is -0.245. The Balaban J connectivity index is 1.45. The fourth-order valence-electron chi connectivity index (χ4n) is 5.44. The molecule has 1 aliphatic heterocycles. The number of benzene rings is 1. The zero-order valence-electron chi connectivity index (χ0n) is 15.0. The normalized spacial score (nSPS) is 35.3. The van der Waals surface area contributed by atoms with E-state index < -0.39 is 12.6 Å². The van der Waals surface area contributed by atoms with E-state index in [1.165, 1.54) is 5.01 Å². The van der Waals surface area contributed by atoms with E-state index in [-0.39, 0.29) is 42.0 Å². The van der Waals surface area contributed by atoms with E-state index in [2.05, 4.69) is 12.2 Å². The number of alkyl halides is 1. The second-order valence-corrected chi connectivity index (χ2v) is 7.99. The van der Waals surface area contributed by atoms with Crippen LogP contribution < -0.4 is 0 Å². The van der Waals surface area contributed by atoms with Crippen LogP contribution in [0, 0.1) is 35.5 Å². The highest BCUT2D eigenvalue weighted by molar-refractivity contribution is 6.08. The third kappa shape index (κ3) is 2.19. The molecular formula is C21H21FN2O3. The van der Waals surface area contributed by atoms with Crippen LogP contribution in [0.25, 0.3) is 0 Å². The predicted octanol–water partition coefficient (Wildman–Crippen LogP) is 2.59. The molecule has 3 amide bonds. The monoisotopic (exact) mass is 368 g/mol. The van der Waals surface area contributed by atoms with Crippen LogP contribution in [-0.4, -0.2) is 34.3 Å². The highest BCUT2D eigenvalue weighted by atomic mass is 19.1. The number of nitrogens with zero attached hydrogens (tertiary/aromatic N) is 2. The SMILES string of the molecule is CCN(C(=O)c1ccc(CF)cc1)N1C(=O)[C@@H]2C3C=CC(C4CC43)[C@@H]2C1=O. The van der Waals surface area contributed by atoms with Gasteiger partial charge in [-0.15, -0.1) is 0 Å². The molecule has 2 bridgehead atoms. The van der Waals surface area contributed by atoms with Crippen LogP contribution in [0.4, 0.5) is 4.39 Å². The fourth-order valence-corrected chi connectivity index (χ4v) is 5.44. The maximum atomic E-state index is 13.2. The molecule has 1 aromatic rings. The number of hydrogen-bond acceptors (Lipinski definition) is 3. The third-order valence-electron chi connectivity index (χ3n) is 6.77. The van der Waals surface area contributed by atoms with Crippen molar-refractivity contribution >= 4 is 17.7 Å². The number of hydrogen-bond donors (Lipinski definition) is 0. The van der Waals surface area contributed by atoms with Crippen LogP contribution in [0.3, 0.4) is 0 Å². The van der Waals surface area contributed by atoms with Crippen molar-refractivity contribution in [2.45, 2.75) is 20.0 Å². The molecule has 0 aromatic heterocycles. The molecule has 6 atom stereocenters. The largest absolute Gasteiger partial charge is 0.272 e. The molecule has 4 aliphatic carbocycles. The predicted molar refractivity (Wildman–Crippen MR) is 94.5 cm³/mol. The molecule has 1 aromatic carbocycles. The standard InChI is InChI=1S/C21H21FN2O3/c1-2-23(19(25)12-5-3-11(10-22)4-6-12)24-20(26)17-13-7-8-14(16-9-15(13)16)18(17)21(24)27/h3-8,13-18H,2,9-10H2,1H3/t13?,14?,15?,16?,17-,18+. The highest BCUT2D eigenvalue weighted by Gasteiger charge is 2.68. The smallest absolute Gasteiger partial charge is 0.272 e. The van der Waals surface area contributed by atoms with Crippen LogP contribution in [0.15, 0.2) is 36.4 Å². The third-order valence-corrected chi connectivity index (χ3v) is 6.77. The first-order valence-electron chi connectivity index (χ1n) is 9.59. The number of hydrazine groups is 1. The molecule has 0 spiro atoms. The Kier molecular flexibility index (Phi) is 3.55. The van der Waals surface area contributed by atoms with Crippen molar-refractivity contribution in [3.05, 3.63) is 47.5 Å². The Labute approximate surface area is 156 Å². The van der Waals surface area contributed by atoms with E-state index in [1.54, 1.807) is 31.2 Å². The van der Waals surface area contributed by atoms with Gasteiger partial charge in [0.2, 0.25) is 0 Å². The highest BCUT2D eigenvalue weighted by Crippen LogP contribution is 2.65. The maximum Gasteiger partial charge on any atom is 0.272 e. The molecule has 6 rings (SSSR count). The van der Waals surface area contributed by atoms with Crippen LogP contribution in [-0.2, 0) is 16.3 Å². The quantitative estimate of drug-likeness (QED) is 0.606. The van der Waals surface area contributed by atoms with Gasteiger partial charge < -0.3 is 0 Å². The summed E-state index contributed by atoms with van der Waals surface area (Å²) in [4.78, 5) is 39.3. The van der Waals surface area contributed by atoms with Gasteiger partial charge in [0.1, 0.15) is 6.67 Å². The van der Waals surface area contributed by atoms with Crippen LogP contribution in [0.2, 0.25) is 0 Å². The maximum absolute atomic E-state index is 13.2. The van der Waals surface area contributed by atoms with E-state index in [4.69, 9.17) is 0 Å². The molecule has 1 saturated heterocycles. The number of allylic oxidation sites excluding steroid dienone is 2. The first-order valence-corrected chi connectivity index (χ1v) is 9.59. The van der Waals surface area contributed by atoms with Gasteiger partial charge in [-0.2, -0.15) is 5.01 Å². The average Bonchev–Trinajstić information content (AvgIpc) is 3.48.